The summed E-state index contributed by atoms with van der Waals surface area (Å²) >= 11 is 0. The smallest absolute Gasteiger partial charge is 0.199 e. The Kier molecular flexibility index (Phi) is 3.26. The molecule has 0 unspecified atom stereocenters. The number of aryl methyl sites for hydroxylation is 1. The van der Waals surface area contributed by atoms with Crippen LogP contribution in [-0.2, 0) is 10.0 Å². The number of hydrogen-bond acceptors (Lipinski definition) is 3. The highest BCUT2D eigenvalue weighted by Gasteiger charge is 2.17. The minimum atomic E-state index is -3.56. The summed E-state index contributed by atoms with van der Waals surface area (Å²) < 4.78 is 25.5. The summed E-state index contributed by atoms with van der Waals surface area (Å²) in [5.41, 5.74) is 1.93. The first-order valence-electron chi connectivity index (χ1n) is 5.78. The Balaban J connectivity index is 2.42. The van der Waals surface area contributed by atoms with E-state index in [0.717, 1.165) is 15.2 Å². The van der Waals surface area contributed by atoms with Crippen molar-refractivity contribution in [2.45, 2.75) is 31.6 Å². The summed E-state index contributed by atoms with van der Waals surface area (Å²) in [6.45, 7) is 5.95. The zero-order chi connectivity index (χ0) is 13.3. The zero-order valence-corrected chi connectivity index (χ0v) is 11.5. The van der Waals surface area contributed by atoms with Crippen LogP contribution in [0.2, 0.25) is 0 Å². The summed E-state index contributed by atoms with van der Waals surface area (Å²) in [6, 6.07) is 6.94. The van der Waals surface area contributed by atoms with E-state index in [9.17, 15) is 8.42 Å². The van der Waals surface area contributed by atoms with Crippen molar-refractivity contribution < 1.29 is 8.42 Å². The summed E-state index contributed by atoms with van der Waals surface area (Å²) in [5, 5.41) is 3.85. The van der Waals surface area contributed by atoms with Crippen LogP contribution >= 0.6 is 0 Å². The van der Waals surface area contributed by atoms with E-state index in [1.165, 1.54) is 12.4 Å². The SMILES string of the molecule is Cc1cnn(S(=O)(=O)c2ccc(C(C)C)cc2)c1. The monoisotopic (exact) mass is 264 g/mol. The van der Waals surface area contributed by atoms with Gasteiger partial charge in [-0.3, -0.25) is 0 Å². The highest BCUT2D eigenvalue weighted by Crippen LogP contribution is 2.18. The topological polar surface area (TPSA) is 52.0 Å². The molecule has 0 radical (unpaired) electrons. The Morgan fingerprint density at radius 2 is 1.78 bits per heavy atom. The van der Waals surface area contributed by atoms with Gasteiger partial charge in [-0.05, 0) is 36.1 Å². The molecule has 96 valence electrons. The molecule has 2 rings (SSSR count). The molecule has 0 aliphatic rings. The first-order valence-corrected chi connectivity index (χ1v) is 7.22. The van der Waals surface area contributed by atoms with Gasteiger partial charge in [-0.1, -0.05) is 26.0 Å². The molecule has 5 heteroatoms. The molecular formula is C13H16N2O2S. The van der Waals surface area contributed by atoms with Gasteiger partial charge in [0.25, 0.3) is 10.0 Å². The Hall–Kier alpha value is -1.62. The lowest BCUT2D eigenvalue weighted by molar-refractivity contribution is 0.580. The van der Waals surface area contributed by atoms with E-state index in [2.05, 4.69) is 18.9 Å². The van der Waals surface area contributed by atoms with E-state index >= 15 is 0 Å². The normalized spacial score (nSPS) is 12.0. The minimum absolute atomic E-state index is 0.259. The second-order valence-corrected chi connectivity index (χ2v) is 6.41. The Morgan fingerprint density at radius 3 is 2.22 bits per heavy atom. The van der Waals surface area contributed by atoms with Gasteiger partial charge in [0.05, 0.1) is 11.1 Å². The Labute approximate surface area is 107 Å². The molecule has 1 heterocycles. The molecule has 0 spiro atoms. The van der Waals surface area contributed by atoms with Crippen LogP contribution in [0.4, 0.5) is 0 Å². The third-order valence-corrected chi connectivity index (χ3v) is 4.34. The van der Waals surface area contributed by atoms with Crippen LogP contribution in [0, 0.1) is 6.92 Å². The lowest BCUT2D eigenvalue weighted by Crippen LogP contribution is -2.13. The molecule has 18 heavy (non-hydrogen) atoms. The standard InChI is InChI=1S/C13H16N2O2S/c1-10(2)12-4-6-13(7-5-12)18(16,17)15-9-11(3)8-14-15/h4-10H,1-3H3. The van der Waals surface area contributed by atoms with Gasteiger partial charge in [-0.2, -0.15) is 17.6 Å². The van der Waals surface area contributed by atoms with E-state index < -0.39 is 10.0 Å². The number of benzene rings is 1. The minimum Gasteiger partial charge on any atom is -0.199 e. The predicted octanol–water partition coefficient (Wildman–Crippen LogP) is 2.55. The average Bonchev–Trinajstić information content (AvgIpc) is 2.76. The highest BCUT2D eigenvalue weighted by molar-refractivity contribution is 7.89. The van der Waals surface area contributed by atoms with Crippen molar-refractivity contribution in [2.24, 2.45) is 0 Å². The largest absolute Gasteiger partial charge is 0.282 e. The third-order valence-electron chi connectivity index (χ3n) is 2.78. The number of rotatable bonds is 3. The van der Waals surface area contributed by atoms with Crippen LogP contribution in [0.15, 0.2) is 41.6 Å². The molecular weight excluding hydrogens is 248 g/mol. The fourth-order valence-corrected chi connectivity index (χ4v) is 2.83. The van der Waals surface area contributed by atoms with Gasteiger partial charge in [0.2, 0.25) is 0 Å². The lowest BCUT2D eigenvalue weighted by atomic mass is 10.0. The van der Waals surface area contributed by atoms with Gasteiger partial charge in [0.15, 0.2) is 0 Å². The van der Waals surface area contributed by atoms with Crippen molar-refractivity contribution in [2.75, 3.05) is 0 Å². The molecule has 0 aliphatic carbocycles. The highest BCUT2D eigenvalue weighted by atomic mass is 32.2. The van der Waals surface area contributed by atoms with Crippen molar-refractivity contribution in [1.29, 1.82) is 0 Å². The Morgan fingerprint density at radius 1 is 1.17 bits per heavy atom. The maximum atomic E-state index is 12.2. The second kappa shape index (κ2) is 4.57. The maximum Gasteiger partial charge on any atom is 0.282 e. The molecule has 4 nitrogen and oxygen atoms in total. The summed E-state index contributed by atoms with van der Waals surface area (Å²) in [5.74, 6) is 0.383. The van der Waals surface area contributed by atoms with Gasteiger partial charge in [-0.15, -0.1) is 0 Å². The summed E-state index contributed by atoms with van der Waals surface area (Å²) in [4.78, 5) is 0.259. The van der Waals surface area contributed by atoms with E-state index in [4.69, 9.17) is 0 Å². The van der Waals surface area contributed by atoms with Gasteiger partial charge in [0, 0.05) is 6.20 Å². The zero-order valence-electron chi connectivity index (χ0n) is 10.7. The van der Waals surface area contributed by atoms with Crippen molar-refractivity contribution in [1.82, 2.24) is 9.19 Å². The van der Waals surface area contributed by atoms with Crippen molar-refractivity contribution in [3.05, 3.63) is 47.8 Å². The van der Waals surface area contributed by atoms with Gasteiger partial charge in [-0.25, -0.2) is 0 Å². The molecule has 0 amide bonds. The average molecular weight is 264 g/mol. The first kappa shape index (κ1) is 12.8. The quantitative estimate of drug-likeness (QED) is 0.856. The molecule has 0 saturated heterocycles. The van der Waals surface area contributed by atoms with Gasteiger partial charge in [0.1, 0.15) is 0 Å². The lowest BCUT2D eigenvalue weighted by Gasteiger charge is -2.07. The van der Waals surface area contributed by atoms with Crippen LogP contribution in [0.1, 0.15) is 30.9 Å². The number of nitrogens with zero attached hydrogens (tertiary/aromatic N) is 2. The van der Waals surface area contributed by atoms with E-state index in [-0.39, 0.29) is 4.90 Å². The maximum absolute atomic E-state index is 12.2. The molecule has 0 N–H and O–H groups in total. The third kappa shape index (κ3) is 2.31. The fraction of sp³-hybridized carbons (Fsp3) is 0.308. The van der Waals surface area contributed by atoms with Crippen molar-refractivity contribution >= 4 is 10.0 Å². The van der Waals surface area contributed by atoms with E-state index in [0.29, 0.717) is 5.92 Å². The first-order chi connectivity index (χ1) is 8.41. The second-order valence-electron chi connectivity index (χ2n) is 4.62. The van der Waals surface area contributed by atoms with Crippen molar-refractivity contribution in [3.8, 4) is 0 Å². The van der Waals surface area contributed by atoms with Crippen molar-refractivity contribution in [3.63, 3.8) is 0 Å². The molecule has 0 saturated carbocycles. The summed E-state index contributed by atoms with van der Waals surface area (Å²) in [7, 11) is -3.56. The predicted molar refractivity (Wildman–Crippen MR) is 70.1 cm³/mol. The number of hydrogen-bond donors (Lipinski definition) is 0. The molecule has 1 aromatic heterocycles. The van der Waals surface area contributed by atoms with Crippen LogP contribution < -0.4 is 0 Å². The molecule has 0 atom stereocenters. The molecule has 1 aromatic carbocycles. The molecule has 0 bridgehead atoms. The number of aromatic nitrogens is 2. The van der Waals surface area contributed by atoms with Crippen LogP contribution in [0.5, 0.6) is 0 Å². The Bertz CT molecular complexity index is 640. The fourth-order valence-electron chi connectivity index (χ4n) is 1.65. The summed E-state index contributed by atoms with van der Waals surface area (Å²) in [6.07, 6.45) is 3.03. The van der Waals surface area contributed by atoms with Crippen LogP contribution in [-0.4, -0.2) is 17.6 Å². The molecule has 0 aliphatic heterocycles. The van der Waals surface area contributed by atoms with E-state index in [1.54, 1.807) is 19.1 Å². The van der Waals surface area contributed by atoms with Gasteiger partial charge < -0.3 is 0 Å². The van der Waals surface area contributed by atoms with E-state index in [1.807, 2.05) is 12.1 Å². The molecule has 0 fully saturated rings. The van der Waals surface area contributed by atoms with Crippen LogP contribution in [0.25, 0.3) is 0 Å². The molecule has 2 aromatic rings. The van der Waals surface area contributed by atoms with Crippen LogP contribution in [0.3, 0.4) is 0 Å². The van der Waals surface area contributed by atoms with Gasteiger partial charge >= 0.3 is 0 Å².